The maximum Gasteiger partial charge on any atom is 0.177 e. The number of Topliss-reactive ketones (excluding diaryl/α,β-unsaturated/α-hetero) is 1. The van der Waals surface area contributed by atoms with Crippen LogP contribution in [0.2, 0.25) is 0 Å². The van der Waals surface area contributed by atoms with Gasteiger partial charge in [-0.1, -0.05) is 30.3 Å². The second-order valence-corrected chi connectivity index (χ2v) is 5.29. The number of carbonyl (C=O) groups excluding carboxylic acids is 1. The van der Waals surface area contributed by atoms with Crippen molar-refractivity contribution in [1.29, 1.82) is 0 Å². The van der Waals surface area contributed by atoms with E-state index in [2.05, 4.69) is 17.4 Å². The van der Waals surface area contributed by atoms with Gasteiger partial charge in [0.15, 0.2) is 17.3 Å². The van der Waals surface area contributed by atoms with Crippen LogP contribution in [0.3, 0.4) is 0 Å². The molecule has 22 heavy (non-hydrogen) atoms. The van der Waals surface area contributed by atoms with Crippen LogP contribution in [-0.2, 0) is 6.42 Å². The van der Waals surface area contributed by atoms with Gasteiger partial charge in [-0.05, 0) is 44.0 Å². The van der Waals surface area contributed by atoms with Gasteiger partial charge in [-0.3, -0.25) is 4.79 Å². The van der Waals surface area contributed by atoms with Crippen LogP contribution >= 0.6 is 0 Å². The van der Waals surface area contributed by atoms with E-state index < -0.39 is 0 Å². The average molecular weight is 299 g/mol. The molecule has 0 spiro atoms. The van der Waals surface area contributed by atoms with E-state index in [1.54, 1.807) is 13.0 Å². The lowest BCUT2D eigenvalue weighted by Gasteiger charge is -2.09. The van der Waals surface area contributed by atoms with Gasteiger partial charge in [0, 0.05) is 11.1 Å². The second-order valence-electron chi connectivity index (χ2n) is 5.29. The molecule has 0 aromatic heterocycles. The lowest BCUT2D eigenvalue weighted by molar-refractivity contribution is 0.0990. The number of rotatable bonds is 7. The van der Waals surface area contributed by atoms with Crippen LogP contribution in [0.5, 0.6) is 11.5 Å². The molecule has 0 amide bonds. The van der Waals surface area contributed by atoms with E-state index in [0.717, 1.165) is 19.4 Å². The van der Waals surface area contributed by atoms with Gasteiger partial charge in [0.05, 0.1) is 6.54 Å². The molecule has 0 heterocycles. The predicted molar refractivity (Wildman–Crippen MR) is 86.5 cm³/mol. The number of aromatic hydroxyl groups is 2. The van der Waals surface area contributed by atoms with Gasteiger partial charge in [-0.15, -0.1) is 0 Å². The Labute approximate surface area is 130 Å². The van der Waals surface area contributed by atoms with Crippen molar-refractivity contribution in [2.75, 3.05) is 13.1 Å². The van der Waals surface area contributed by atoms with Crippen molar-refractivity contribution in [3.8, 4) is 11.5 Å². The molecule has 0 atom stereocenters. The number of ketones is 1. The van der Waals surface area contributed by atoms with Crippen LogP contribution in [0.15, 0.2) is 42.5 Å². The molecule has 0 aliphatic carbocycles. The number of hydrogen-bond donors (Lipinski definition) is 3. The summed E-state index contributed by atoms with van der Waals surface area (Å²) in [6, 6.07) is 13.1. The smallest absolute Gasteiger partial charge is 0.177 e. The van der Waals surface area contributed by atoms with Crippen molar-refractivity contribution < 1.29 is 15.0 Å². The first-order valence-corrected chi connectivity index (χ1v) is 7.39. The van der Waals surface area contributed by atoms with Crippen molar-refractivity contribution >= 4 is 5.78 Å². The summed E-state index contributed by atoms with van der Waals surface area (Å²) in [7, 11) is 0. The van der Waals surface area contributed by atoms with E-state index in [-0.39, 0.29) is 23.8 Å². The van der Waals surface area contributed by atoms with Gasteiger partial charge < -0.3 is 15.5 Å². The number of carbonyl (C=O) groups is 1. The van der Waals surface area contributed by atoms with Crippen LogP contribution in [0.4, 0.5) is 0 Å². The topological polar surface area (TPSA) is 69.6 Å². The Balaban J connectivity index is 1.78. The van der Waals surface area contributed by atoms with Crippen molar-refractivity contribution in [1.82, 2.24) is 5.32 Å². The molecule has 0 aliphatic heterocycles. The molecule has 0 saturated carbocycles. The van der Waals surface area contributed by atoms with Crippen molar-refractivity contribution in [2.45, 2.75) is 19.8 Å². The minimum absolute atomic E-state index is 0.0903. The summed E-state index contributed by atoms with van der Waals surface area (Å²) in [5, 5.41) is 22.2. The van der Waals surface area contributed by atoms with E-state index >= 15 is 0 Å². The molecular formula is C18H21NO3. The van der Waals surface area contributed by atoms with Crippen LogP contribution in [0.1, 0.15) is 27.9 Å². The summed E-state index contributed by atoms with van der Waals surface area (Å²) in [6.45, 7) is 2.60. The highest BCUT2D eigenvalue weighted by Gasteiger charge is 2.13. The summed E-state index contributed by atoms with van der Waals surface area (Å²) < 4.78 is 0. The standard InChI is InChI=1S/C18H21NO3/c1-13-15(9-10-16(20)18(13)22)17(21)12-19-11-5-8-14-6-3-2-4-7-14/h2-4,6-7,9-10,19-20,22H,5,8,11-12H2,1H3. The molecule has 3 N–H and O–H groups in total. The minimum atomic E-state index is -0.227. The van der Waals surface area contributed by atoms with Crippen LogP contribution in [0.25, 0.3) is 0 Å². The maximum absolute atomic E-state index is 12.1. The third-order valence-corrected chi connectivity index (χ3v) is 3.66. The molecule has 0 radical (unpaired) electrons. The summed E-state index contributed by atoms with van der Waals surface area (Å²) in [5.41, 5.74) is 2.14. The van der Waals surface area contributed by atoms with E-state index in [4.69, 9.17) is 0 Å². The van der Waals surface area contributed by atoms with Crippen LogP contribution in [-0.4, -0.2) is 29.1 Å². The fourth-order valence-corrected chi connectivity index (χ4v) is 2.35. The normalized spacial score (nSPS) is 10.6. The molecule has 0 aliphatic rings. The lowest BCUT2D eigenvalue weighted by atomic mass is 10.0. The Bertz CT molecular complexity index is 638. The zero-order valence-electron chi connectivity index (χ0n) is 12.7. The van der Waals surface area contributed by atoms with Gasteiger partial charge in [-0.25, -0.2) is 0 Å². The number of benzene rings is 2. The quantitative estimate of drug-likeness (QED) is 0.418. The molecule has 2 rings (SSSR count). The summed E-state index contributed by atoms with van der Waals surface area (Å²) >= 11 is 0. The minimum Gasteiger partial charge on any atom is -0.504 e. The fourth-order valence-electron chi connectivity index (χ4n) is 2.35. The monoisotopic (exact) mass is 299 g/mol. The van der Waals surface area contributed by atoms with Crippen molar-refractivity contribution in [3.05, 3.63) is 59.2 Å². The molecule has 0 fully saturated rings. The van der Waals surface area contributed by atoms with Crippen LogP contribution < -0.4 is 5.32 Å². The van der Waals surface area contributed by atoms with Gasteiger partial charge in [-0.2, -0.15) is 0 Å². The molecule has 0 bridgehead atoms. The molecule has 2 aromatic carbocycles. The first kappa shape index (κ1) is 16.0. The average Bonchev–Trinajstić information content (AvgIpc) is 2.53. The van der Waals surface area contributed by atoms with E-state index in [0.29, 0.717) is 11.1 Å². The maximum atomic E-state index is 12.1. The van der Waals surface area contributed by atoms with Crippen LogP contribution in [0, 0.1) is 6.92 Å². The number of aryl methyl sites for hydroxylation is 1. The molecular weight excluding hydrogens is 278 g/mol. The van der Waals surface area contributed by atoms with E-state index in [1.165, 1.54) is 11.6 Å². The number of hydrogen-bond acceptors (Lipinski definition) is 4. The van der Waals surface area contributed by atoms with Gasteiger partial charge in [0.2, 0.25) is 0 Å². The molecule has 0 unspecified atom stereocenters. The number of nitrogens with one attached hydrogen (secondary N) is 1. The van der Waals surface area contributed by atoms with E-state index in [1.807, 2.05) is 18.2 Å². The number of phenolic OH excluding ortho intramolecular Hbond substituents is 2. The molecule has 116 valence electrons. The Hall–Kier alpha value is -2.33. The third kappa shape index (κ3) is 4.09. The molecule has 2 aromatic rings. The zero-order valence-corrected chi connectivity index (χ0v) is 12.7. The van der Waals surface area contributed by atoms with Crippen molar-refractivity contribution in [2.24, 2.45) is 0 Å². The Morgan fingerprint density at radius 3 is 2.55 bits per heavy atom. The highest BCUT2D eigenvalue weighted by molar-refractivity contribution is 5.99. The van der Waals surface area contributed by atoms with Gasteiger partial charge in [0.1, 0.15) is 0 Å². The first-order valence-electron chi connectivity index (χ1n) is 7.39. The highest BCUT2D eigenvalue weighted by Crippen LogP contribution is 2.30. The summed E-state index contributed by atoms with van der Waals surface area (Å²) in [5.74, 6) is -0.521. The summed E-state index contributed by atoms with van der Waals surface area (Å²) in [6.07, 6.45) is 1.93. The Kier molecular flexibility index (Phi) is 5.55. The highest BCUT2D eigenvalue weighted by atomic mass is 16.3. The molecule has 0 saturated heterocycles. The Morgan fingerprint density at radius 2 is 1.82 bits per heavy atom. The summed E-state index contributed by atoms with van der Waals surface area (Å²) in [4.78, 5) is 12.1. The van der Waals surface area contributed by atoms with Crippen molar-refractivity contribution in [3.63, 3.8) is 0 Å². The van der Waals surface area contributed by atoms with E-state index in [9.17, 15) is 15.0 Å². The second kappa shape index (κ2) is 7.61. The number of phenols is 2. The largest absolute Gasteiger partial charge is 0.504 e. The predicted octanol–water partition coefficient (Wildman–Crippen LogP) is 2.81. The zero-order chi connectivity index (χ0) is 15.9. The SMILES string of the molecule is Cc1c(C(=O)CNCCCc2ccccc2)ccc(O)c1O. The Morgan fingerprint density at radius 1 is 1.09 bits per heavy atom. The fraction of sp³-hybridized carbons (Fsp3) is 0.278. The van der Waals surface area contributed by atoms with Gasteiger partial charge >= 0.3 is 0 Å². The molecule has 4 nitrogen and oxygen atoms in total. The van der Waals surface area contributed by atoms with Gasteiger partial charge in [0.25, 0.3) is 0 Å². The first-order chi connectivity index (χ1) is 10.6. The molecule has 4 heteroatoms. The lowest BCUT2D eigenvalue weighted by Crippen LogP contribution is -2.24. The third-order valence-electron chi connectivity index (χ3n) is 3.66.